The number of hydrogen-bond donors (Lipinski definition) is 0. The van der Waals surface area contributed by atoms with E-state index in [4.69, 9.17) is 0 Å². The van der Waals surface area contributed by atoms with Crippen molar-refractivity contribution in [1.82, 2.24) is 14.9 Å². The van der Waals surface area contributed by atoms with Crippen molar-refractivity contribution in [2.45, 2.75) is 26.2 Å². The van der Waals surface area contributed by atoms with Crippen LogP contribution in [0.2, 0.25) is 0 Å². The summed E-state index contributed by atoms with van der Waals surface area (Å²) in [6.07, 6.45) is 7.09. The van der Waals surface area contributed by atoms with E-state index >= 15 is 0 Å². The van der Waals surface area contributed by atoms with E-state index in [0.717, 1.165) is 17.7 Å². The molecule has 134 valence electrons. The zero-order valence-corrected chi connectivity index (χ0v) is 14.9. The van der Waals surface area contributed by atoms with Crippen LogP contribution in [0.1, 0.15) is 35.2 Å². The molecule has 1 spiro atoms. The van der Waals surface area contributed by atoms with Gasteiger partial charge in [0.15, 0.2) is 0 Å². The van der Waals surface area contributed by atoms with Crippen LogP contribution in [0.4, 0.5) is 5.69 Å². The maximum Gasteiger partial charge on any atom is 0.253 e. The fourth-order valence-electron chi connectivity index (χ4n) is 3.98. The van der Waals surface area contributed by atoms with E-state index in [0.29, 0.717) is 38.0 Å². The summed E-state index contributed by atoms with van der Waals surface area (Å²) in [5.41, 5.74) is 2.26. The predicted octanol–water partition coefficient (Wildman–Crippen LogP) is 2.44. The van der Waals surface area contributed by atoms with E-state index in [1.807, 2.05) is 36.1 Å². The normalized spacial score (nSPS) is 19.2. The molecule has 2 saturated heterocycles. The Labute approximate surface area is 152 Å². The molecule has 2 fully saturated rings. The van der Waals surface area contributed by atoms with Crippen molar-refractivity contribution >= 4 is 17.5 Å². The fraction of sp³-hybridized carbons (Fsp3) is 0.400. The molecular formula is C20H22N4O2. The van der Waals surface area contributed by atoms with Gasteiger partial charge in [0.1, 0.15) is 6.33 Å². The molecule has 1 aromatic heterocycles. The number of amides is 2. The highest BCUT2D eigenvalue weighted by atomic mass is 16.2. The highest BCUT2D eigenvalue weighted by Gasteiger charge is 2.49. The Hall–Kier alpha value is -2.76. The summed E-state index contributed by atoms with van der Waals surface area (Å²) in [6.45, 7) is 3.95. The molecule has 2 amide bonds. The average molecular weight is 350 g/mol. The summed E-state index contributed by atoms with van der Waals surface area (Å²) in [7, 11) is 0. The van der Waals surface area contributed by atoms with E-state index < -0.39 is 0 Å². The maximum atomic E-state index is 13.0. The van der Waals surface area contributed by atoms with Crippen LogP contribution in [-0.2, 0) is 4.79 Å². The van der Waals surface area contributed by atoms with Crippen LogP contribution in [0.15, 0.2) is 43.0 Å². The van der Waals surface area contributed by atoms with Crippen molar-refractivity contribution in [3.05, 3.63) is 54.1 Å². The lowest BCUT2D eigenvalue weighted by Gasteiger charge is -2.38. The standard InChI is InChI=1S/C20H22N4O2/c1-15-2-4-16(5-3-15)18(25)23-9-6-20(7-10-23)8-11-24(19(20)26)17-12-21-14-22-13-17/h2-5,12-14H,6-11H2,1H3. The van der Waals surface area contributed by atoms with Crippen molar-refractivity contribution in [1.29, 1.82) is 0 Å². The Morgan fingerprint density at radius 3 is 2.27 bits per heavy atom. The van der Waals surface area contributed by atoms with Gasteiger partial charge in [0.2, 0.25) is 5.91 Å². The number of benzene rings is 1. The maximum absolute atomic E-state index is 13.0. The van der Waals surface area contributed by atoms with E-state index in [1.54, 1.807) is 17.3 Å². The number of aryl methyl sites for hydroxylation is 1. The first-order chi connectivity index (χ1) is 12.6. The lowest BCUT2D eigenvalue weighted by atomic mass is 9.77. The van der Waals surface area contributed by atoms with Gasteiger partial charge in [-0.1, -0.05) is 17.7 Å². The molecule has 2 aliphatic rings. The molecule has 0 aliphatic carbocycles. The summed E-state index contributed by atoms with van der Waals surface area (Å²) < 4.78 is 0. The van der Waals surface area contributed by atoms with E-state index in [1.165, 1.54) is 6.33 Å². The largest absolute Gasteiger partial charge is 0.339 e. The van der Waals surface area contributed by atoms with Crippen LogP contribution in [0.5, 0.6) is 0 Å². The number of carbonyl (C=O) groups excluding carboxylic acids is 2. The van der Waals surface area contributed by atoms with Gasteiger partial charge in [-0.05, 0) is 38.3 Å². The summed E-state index contributed by atoms with van der Waals surface area (Å²) in [4.78, 5) is 37.4. The molecule has 4 rings (SSSR count). The topological polar surface area (TPSA) is 66.4 Å². The Morgan fingerprint density at radius 1 is 1.00 bits per heavy atom. The minimum absolute atomic E-state index is 0.0543. The van der Waals surface area contributed by atoms with Gasteiger partial charge in [-0.3, -0.25) is 9.59 Å². The zero-order valence-electron chi connectivity index (χ0n) is 14.9. The molecule has 0 radical (unpaired) electrons. The molecule has 6 heteroatoms. The highest BCUT2D eigenvalue weighted by molar-refractivity contribution is 6.00. The van der Waals surface area contributed by atoms with Crippen molar-refractivity contribution in [3.8, 4) is 0 Å². The van der Waals surface area contributed by atoms with Gasteiger partial charge >= 0.3 is 0 Å². The number of nitrogens with zero attached hydrogens (tertiary/aromatic N) is 4. The quantitative estimate of drug-likeness (QED) is 0.834. The van der Waals surface area contributed by atoms with Crippen LogP contribution in [0.3, 0.4) is 0 Å². The van der Waals surface area contributed by atoms with Crippen molar-refractivity contribution < 1.29 is 9.59 Å². The van der Waals surface area contributed by atoms with Crippen molar-refractivity contribution in [2.75, 3.05) is 24.5 Å². The molecule has 2 aromatic rings. The second-order valence-electron chi connectivity index (χ2n) is 7.24. The third-order valence-corrected chi connectivity index (χ3v) is 5.68. The molecule has 0 bridgehead atoms. The molecule has 0 unspecified atom stereocenters. The van der Waals surface area contributed by atoms with Gasteiger partial charge in [-0.2, -0.15) is 0 Å². The summed E-state index contributed by atoms with van der Waals surface area (Å²) in [5, 5.41) is 0. The van der Waals surface area contributed by atoms with Crippen LogP contribution in [0, 0.1) is 12.3 Å². The van der Waals surface area contributed by atoms with Crippen molar-refractivity contribution in [2.24, 2.45) is 5.41 Å². The molecule has 0 N–H and O–H groups in total. The summed E-state index contributed by atoms with van der Waals surface area (Å²) in [6, 6.07) is 7.66. The third-order valence-electron chi connectivity index (χ3n) is 5.68. The predicted molar refractivity (Wildman–Crippen MR) is 97.8 cm³/mol. The van der Waals surface area contributed by atoms with Gasteiger partial charge in [-0.25, -0.2) is 9.97 Å². The molecular weight excluding hydrogens is 328 g/mol. The molecule has 0 saturated carbocycles. The van der Waals surface area contributed by atoms with E-state index in [9.17, 15) is 9.59 Å². The SMILES string of the molecule is Cc1ccc(C(=O)N2CCC3(CC2)CCN(c2cncnc2)C3=O)cc1. The first kappa shape index (κ1) is 16.7. The average Bonchev–Trinajstić information content (AvgIpc) is 2.99. The second-order valence-corrected chi connectivity index (χ2v) is 7.24. The first-order valence-electron chi connectivity index (χ1n) is 9.02. The zero-order chi connectivity index (χ0) is 18.1. The highest BCUT2D eigenvalue weighted by Crippen LogP contribution is 2.43. The van der Waals surface area contributed by atoms with Crippen LogP contribution in [0.25, 0.3) is 0 Å². The monoisotopic (exact) mass is 350 g/mol. The lowest BCUT2D eigenvalue weighted by molar-refractivity contribution is -0.127. The number of carbonyl (C=O) groups is 2. The van der Waals surface area contributed by atoms with Crippen LogP contribution >= 0.6 is 0 Å². The minimum Gasteiger partial charge on any atom is -0.339 e. The van der Waals surface area contributed by atoms with Crippen LogP contribution < -0.4 is 4.90 Å². The Balaban J connectivity index is 1.44. The first-order valence-corrected chi connectivity index (χ1v) is 9.02. The molecule has 6 nitrogen and oxygen atoms in total. The second kappa shape index (κ2) is 6.52. The van der Waals surface area contributed by atoms with Gasteiger partial charge in [0.05, 0.1) is 23.5 Å². The number of aromatic nitrogens is 2. The Morgan fingerprint density at radius 2 is 1.62 bits per heavy atom. The number of piperidine rings is 1. The molecule has 1 aromatic carbocycles. The number of rotatable bonds is 2. The smallest absolute Gasteiger partial charge is 0.253 e. The summed E-state index contributed by atoms with van der Waals surface area (Å²) >= 11 is 0. The fourth-order valence-corrected chi connectivity index (χ4v) is 3.98. The number of likely N-dealkylation sites (tertiary alicyclic amines) is 1. The van der Waals surface area contributed by atoms with Crippen LogP contribution in [-0.4, -0.2) is 46.3 Å². The van der Waals surface area contributed by atoms with Gasteiger partial charge in [0.25, 0.3) is 5.91 Å². The number of anilines is 1. The third kappa shape index (κ3) is 2.85. The molecule has 26 heavy (non-hydrogen) atoms. The molecule has 0 atom stereocenters. The minimum atomic E-state index is -0.347. The van der Waals surface area contributed by atoms with E-state index in [2.05, 4.69) is 9.97 Å². The molecule has 2 aliphatic heterocycles. The summed E-state index contributed by atoms with van der Waals surface area (Å²) in [5.74, 6) is 0.202. The van der Waals surface area contributed by atoms with Gasteiger partial charge in [0, 0.05) is 25.2 Å². The van der Waals surface area contributed by atoms with Gasteiger partial charge in [-0.15, -0.1) is 0 Å². The van der Waals surface area contributed by atoms with Gasteiger partial charge < -0.3 is 9.80 Å². The van der Waals surface area contributed by atoms with Crippen molar-refractivity contribution in [3.63, 3.8) is 0 Å². The van der Waals surface area contributed by atoms with E-state index in [-0.39, 0.29) is 17.2 Å². The molecule has 3 heterocycles. The number of hydrogen-bond acceptors (Lipinski definition) is 4. The Bertz CT molecular complexity index is 811. The Kier molecular flexibility index (Phi) is 4.18. The lowest BCUT2D eigenvalue weighted by Crippen LogP contribution is -2.46.